The second kappa shape index (κ2) is 7.77. The van der Waals surface area contributed by atoms with Crippen molar-refractivity contribution in [3.8, 4) is 11.3 Å². The number of carbonyl (C=O) groups is 1. The van der Waals surface area contributed by atoms with Gasteiger partial charge in [0.15, 0.2) is 0 Å². The van der Waals surface area contributed by atoms with Gasteiger partial charge in [0.05, 0.1) is 41.3 Å². The molecule has 2 aromatic carbocycles. The Morgan fingerprint density at radius 3 is 2.77 bits per heavy atom. The molecular formula is C23H16ClN5O2. The van der Waals surface area contributed by atoms with Crippen LogP contribution in [0.2, 0.25) is 5.02 Å². The third-order valence-corrected chi connectivity index (χ3v) is 5.34. The summed E-state index contributed by atoms with van der Waals surface area (Å²) in [4.78, 5) is 24.9. The van der Waals surface area contributed by atoms with Gasteiger partial charge in [0.1, 0.15) is 5.69 Å². The Labute approximate surface area is 182 Å². The van der Waals surface area contributed by atoms with E-state index in [9.17, 15) is 4.79 Å². The highest BCUT2D eigenvalue weighted by atomic mass is 35.5. The van der Waals surface area contributed by atoms with Crippen LogP contribution in [0.3, 0.4) is 0 Å². The van der Waals surface area contributed by atoms with Crippen LogP contribution in [0.5, 0.6) is 0 Å². The Hall–Kier alpha value is -3.84. The van der Waals surface area contributed by atoms with Gasteiger partial charge in [0.2, 0.25) is 0 Å². The smallest absolute Gasteiger partial charge is 0.339 e. The van der Waals surface area contributed by atoms with Crippen molar-refractivity contribution < 1.29 is 9.53 Å². The fraction of sp³-hybridized carbons (Fsp3) is 0.0870. The maximum absolute atomic E-state index is 11.8. The van der Waals surface area contributed by atoms with Gasteiger partial charge < -0.3 is 4.74 Å². The zero-order valence-electron chi connectivity index (χ0n) is 16.5. The molecule has 7 nitrogen and oxygen atoms in total. The van der Waals surface area contributed by atoms with E-state index in [-0.39, 0.29) is 0 Å². The number of halogens is 1. The minimum Gasteiger partial charge on any atom is -0.465 e. The molecule has 0 unspecified atom stereocenters. The van der Waals surface area contributed by atoms with Crippen LogP contribution in [-0.2, 0) is 11.2 Å². The molecule has 3 heterocycles. The van der Waals surface area contributed by atoms with Crippen molar-refractivity contribution in [2.45, 2.75) is 6.42 Å². The van der Waals surface area contributed by atoms with Gasteiger partial charge in [0, 0.05) is 23.6 Å². The summed E-state index contributed by atoms with van der Waals surface area (Å²) in [5.41, 5.74) is 4.65. The summed E-state index contributed by atoms with van der Waals surface area (Å²) in [5, 5.41) is 6.08. The second-order valence-electron chi connectivity index (χ2n) is 7.00. The van der Waals surface area contributed by atoms with Crippen LogP contribution in [0.25, 0.3) is 27.9 Å². The predicted octanol–water partition coefficient (Wildman–Crippen LogP) is 4.37. The fourth-order valence-corrected chi connectivity index (χ4v) is 3.72. The molecule has 0 spiro atoms. The van der Waals surface area contributed by atoms with Crippen LogP contribution >= 0.6 is 11.6 Å². The number of fused-ring (bicyclic) bond motifs is 2. The van der Waals surface area contributed by atoms with E-state index >= 15 is 0 Å². The van der Waals surface area contributed by atoms with Crippen LogP contribution in [0.4, 0.5) is 0 Å². The summed E-state index contributed by atoms with van der Waals surface area (Å²) in [6.45, 7) is 0. The molecule has 0 saturated carbocycles. The maximum atomic E-state index is 11.8. The first-order valence-corrected chi connectivity index (χ1v) is 9.92. The highest BCUT2D eigenvalue weighted by Gasteiger charge is 2.14. The van der Waals surface area contributed by atoms with E-state index in [2.05, 4.69) is 27.1 Å². The highest BCUT2D eigenvalue weighted by Crippen LogP contribution is 2.25. The summed E-state index contributed by atoms with van der Waals surface area (Å²) in [6.07, 6.45) is 5.84. The summed E-state index contributed by atoms with van der Waals surface area (Å²) in [7, 11) is 1.32. The molecule has 31 heavy (non-hydrogen) atoms. The van der Waals surface area contributed by atoms with Crippen LogP contribution in [0.15, 0.2) is 67.1 Å². The first kappa shape index (κ1) is 19.1. The first-order valence-electron chi connectivity index (χ1n) is 9.54. The van der Waals surface area contributed by atoms with Crippen LogP contribution in [0, 0.1) is 0 Å². The first-order chi connectivity index (χ1) is 15.1. The van der Waals surface area contributed by atoms with Gasteiger partial charge in [-0.05, 0) is 35.9 Å². The fourth-order valence-electron chi connectivity index (χ4n) is 3.47. The van der Waals surface area contributed by atoms with Gasteiger partial charge in [-0.15, -0.1) is 0 Å². The van der Waals surface area contributed by atoms with Gasteiger partial charge in [-0.25, -0.2) is 19.3 Å². The number of benzene rings is 2. The molecule has 0 fully saturated rings. The molecule has 3 aromatic heterocycles. The lowest BCUT2D eigenvalue weighted by Crippen LogP contribution is -2.04. The lowest BCUT2D eigenvalue weighted by atomic mass is 10.1. The van der Waals surface area contributed by atoms with Crippen molar-refractivity contribution >= 4 is 34.3 Å². The highest BCUT2D eigenvalue weighted by molar-refractivity contribution is 6.33. The van der Waals surface area contributed by atoms with Gasteiger partial charge in [0.25, 0.3) is 5.78 Å². The lowest BCUT2D eigenvalue weighted by molar-refractivity contribution is 0.0601. The Kier molecular flexibility index (Phi) is 4.80. The Balaban J connectivity index is 1.51. The van der Waals surface area contributed by atoms with E-state index in [4.69, 9.17) is 21.4 Å². The minimum absolute atomic E-state index is 0.293. The molecule has 0 radical (unpaired) electrons. The van der Waals surface area contributed by atoms with Crippen molar-refractivity contribution in [1.82, 2.24) is 24.6 Å². The van der Waals surface area contributed by atoms with E-state index in [0.29, 0.717) is 28.5 Å². The topological polar surface area (TPSA) is 82.3 Å². The van der Waals surface area contributed by atoms with Crippen molar-refractivity contribution in [3.63, 3.8) is 0 Å². The number of hydrogen-bond donors (Lipinski definition) is 0. The molecule has 8 heteroatoms. The average Bonchev–Trinajstić information content (AvgIpc) is 3.20. The summed E-state index contributed by atoms with van der Waals surface area (Å²) in [5.74, 6) is 0.0269. The molecule has 0 aliphatic carbocycles. The largest absolute Gasteiger partial charge is 0.465 e. The Bertz CT molecular complexity index is 1450. The number of methoxy groups -OCH3 is 1. The molecule has 0 saturated heterocycles. The van der Waals surface area contributed by atoms with E-state index in [1.165, 1.54) is 7.11 Å². The van der Waals surface area contributed by atoms with E-state index < -0.39 is 5.97 Å². The van der Waals surface area contributed by atoms with Crippen molar-refractivity contribution in [3.05, 3.63) is 89.0 Å². The van der Waals surface area contributed by atoms with E-state index in [1.54, 1.807) is 41.3 Å². The standard InChI is InChI=1S/C23H16ClN5O2/c1-31-22(30)18-6-5-16(11-19(18)24)21-13-27-23-26-12-17(29(23)28-21)10-14-4-7-20-15(9-14)3-2-8-25-20/h2-9,11-13H,10H2,1H3. The molecule has 0 aliphatic rings. The molecule has 5 aromatic rings. The molecule has 0 bridgehead atoms. The van der Waals surface area contributed by atoms with Crippen molar-refractivity contribution in [1.29, 1.82) is 0 Å². The van der Waals surface area contributed by atoms with Crippen molar-refractivity contribution in [2.75, 3.05) is 7.11 Å². The Morgan fingerprint density at radius 1 is 1.06 bits per heavy atom. The number of ether oxygens (including phenoxy) is 1. The summed E-state index contributed by atoms with van der Waals surface area (Å²) < 4.78 is 6.47. The third-order valence-electron chi connectivity index (χ3n) is 5.02. The molecule has 0 atom stereocenters. The van der Waals surface area contributed by atoms with Crippen LogP contribution < -0.4 is 0 Å². The molecule has 0 amide bonds. The molecule has 152 valence electrons. The Morgan fingerprint density at radius 2 is 1.94 bits per heavy atom. The van der Waals surface area contributed by atoms with Gasteiger partial charge >= 0.3 is 5.97 Å². The van der Waals surface area contributed by atoms with Crippen LogP contribution in [-0.4, -0.2) is 37.6 Å². The van der Waals surface area contributed by atoms with Gasteiger partial charge in [-0.2, -0.15) is 5.10 Å². The lowest BCUT2D eigenvalue weighted by Gasteiger charge is -2.07. The number of pyridine rings is 1. The summed E-state index contributed by atoms with van der Waals surface area (Å²) in [6, 6.07) is 15.2. The van der Waals surface area contributed by atoms with E-state index in [0.717, 1.165) is 27.7 Å². The quantitative estimate of drug-likeness (QED) is 0.394. The van der Waals surface area contributed by atoms with Crippen molar-refractivity contribution in [2.24, 2.45) is 0 Å². The number of hydrogen-bond acceptors (Lipinski definition) is 6. The number of imidazole rings is 1. The SMILES string of the molecule is COC(=O)c1ccc(-c2cnc3ncc(Cc4ccc5ncccc5c4)n3n2)cc1Cl. The minimum atomic E-state index is -0.486. The molecule has 5 rings (SSSR count). The number of rotatable bonds is 4. The summed E-state index contributed by atoms with van der Waals surface area (Å²) >= 11 is 6.26. The molecule has 0 N–H and O–H groups in total. The molecule has 0 aliphatic heterocycles. The number of esters is 1. The zero-order chi connectivity index (χ0) is 21.4. The third kappa shape index (κ3) is 3.60. The normalized spacial score (nSPS) is 11.2. The number of aromatic nitrogens is 5. The predicted molar refractivity (Wildman–Crippen MR) is 117 cm³/mol. The van der Waals surface area contributed by atoms with Crippen LogP contribution in [0.1, 0.15) is 21.6 Å². The number of carbonyl (C=O) groups excluding carboxylic acids is 1. The second-order valence-corrected chi connectivity index (χ2v) is 7.41. The monoisotopic (exact) mass is 429 g/mol. The van der Waals surface area contributed by atoms with Gasteiger partial charge in [-0.3, -0.25) is 4.98 Å². The maximum Gasteiger partial charge on any atom is 0.339 e. The molecular weight excluding hydrogens is 414 g/mol. The van der Waals surface area contributed by atoms with Gasteiger partial charge in [-0.1, -0.05) is 29.8 Å². The average molecular weight is 430 g/mol. The number of nitrogens with zero attached hydrogens (tertiary/aromatic N) is 5. The zero-order valence-corrected chi connectivity index (χ0v) is 17.2. The van der Waals surface area contributed by atoms with E-state index in [1.807, 2.05) is 18.2 Å².